The second-order valence-corrected chi connectivity index (χ2v) is 24.7. The van der Waals surface area contributed by atoms with E-state index >= 15 is 0 Å². The van der Waals surface area contributed by atoms with Crippen molar-refractivity contribution in [2.75, 3.05) is 40.9 Å². The summed E-state index contributed by atoms with van der Waals surface area (Å²) < 4.78 is 30.4. The summed E-state index contributed by atoms with van der Waals surface area (Å²) in [5, 5.41) is 3.03. The van der Waals surface area contributed by atoms with Crippen LogP contribution in [-0.2, 0) is 27.9 Å². The van der Waals surface area contributed by atoms with Gasteiger partial charge in [-0.3, -0.25) is 14.2 Å². The van der Waals surface area contributed by atoms with Gasteiger partial charge < -0.3 is 28.5 Å². The monoisotopic (exact) mass is 1140 g/mol. The van der Waals surface area contributed by atoms with Gasteiger partial charge in [0.15, 0.2) is 0 Å². The van der Waals surface area contributed by atoms with Gasteiger partial charge in [-0.25, -0.2) is 0 Å². The molecule has 3 atom stereocenters. The summed E-state index contributed by atoms with van der Waals surface area (Å²) in [6.07, 6.45) is 79.4. The van der Waals surface area contributed by atoms with Crippen molar-refractivity contribution < 1.29 is 37.3 Å². The highest BCUT2D eigenvalue weighted by molar-refractivity contribution is 7.45. The zero-order valence-electron chi connectivity index (χ0n) is 52.8. The molecule has 462 valence electrons. The van der Waals surface area contributed by atoms with Crippen molar-refractivity contribution in [3.8, 4) is 0 Å². The molecule has 0 aliphatic carbocycles. The predicted octanol–water partition coefficient (Wildman–Crippen LogP) is 20.1. The van der Waals surface area contributed by atoms with Crippen LogP contribution in [0.5, 0.6) is 0 Å². The summed E-state index contributed by atoms with van der Waals surface area (Å²) >= 11 is 0. The first-order valence-electron chi connectivity index (χ1n) is 33.0. The molecule has 0 aromatic rings. The normalized spacial score (nSPS) is 14.2. The number of carbonyl (C=O) groups is 2. The third kappa shape index (κ3) is 59.5. The van der Waals surface area contributed by atoms with Crippen LogP contribution in [-0.4, -0.2) is 69.4 Å². The van der Waals surface area contributed by atoms with E-state index < -0.39 is 26.6 Å². The van der Waals surface area contributed by atoms with Crippen molar-refractivity contribution in [1.82, 2.24) is 5.32 Å². The van der Waals surface area contributed by atoms with Gasteiger partial charge >= 0.3 is 5.97 Å². The molecule has 3 unspecified atom stereocenters. The number of phosphoric acid groups is 1. The van der Waals surface area contributed by atoms with Crippen LogP contribution in [0.1, 0.15) is 284 Å². The van der Waals surface area contributed by atoms with Crippen LogP contribution in [0.25, 0.3) is 0 Å². The number of quaternary nitrogens is 1. The highest BCUT2D eigenvalue weighted by Crippen LogP contribution is 2.38. The van der Waals surface area contributed by atoms with E-state index in [2.05, 4.69) is 111 Å². The van der Waals surface area contributed by atoms with Gasteiger partial charge in [-0.2, -0.15) is 0 Å². The maximum Gasteiger partial charge on any atom is 0.306 e. The predicted molar refractivity (Wildman–Crippen MR) is 344 cm³/mol. The van der Waals surface area contributed by atoms with Crippen LogP contribution in [0.3, 0.4) is 0 Å². The molecule has 0 spiro atoms. The number of nitrogens with zero attached hydrogens (tertiary/aromatic N) is 1. The Kier molecular flexibility index (Phi) is 56.8. The molecule has 0 heterocycles. The molecule has 0 aromatic heterocycles. The zero-order valence-corrected chi connectivity index (χ0v) is 53.7. The first kappa shape index (κ1) is 76.9. The Balaban J connectivity index is 5.25. The molecule has 0 fully saturated rings. The third-order valence-corrected chi connectivity index (χ3v) is 15.2. The summed E-state index contributed by atoms with van der Waals surface area (Å²) in [6.45, 7) is 6.77. The quantitative estimate of drug-likeness (QED) is 0.0212. The van der Waals surface area contributed by atoms with Crippen LogP contribution < -0.4 is 10.2 Å². The molecule has 0 bridgehead atoms. The Hall–Kier alpha value is -3.07. The van der Waals surface area contributed by atoms with E-state index in [0.29, 0.717) is 23.9 Å². The third-order valence-electron chi connectivity index (χ3n) is 14.2. The van der Waals surface area contributed by atoms with Crippen LogP contribution in [0.15, 0.2) is 97.2 Å². The lowest BCUT2D eigenvalue weighted by Gasteiger charge is -2.30. The lowest BCUT2D eigenvalue weighted by Crippen LogP contribution is -2.47. The van der Waals surface area contributed by atoms with Crippen molar-refractivity contribution in [1.29, 1.82) is 0 Å². The standard InChI is InChI=1S/C70H125N2O7P/c1-7-10-13-16-19-22-25-28-30-32-34-36-38-40-42-44-47-50-53-56-59-62-69(73)71-67(66-78-80(75,76)77-65-64-72(4,5)6)68(61-58-55-52-49-46-27-24-21-18-15-12-9-3)79-70(74)63-60-57-54-51-48-45-43-41-39-37-35-33-31-29-26-23-20-17-14-11-8-2/h19-20,22-23,28-31,34-37,41,43,58,61,67-68H,7-18,21,24-27,32-33,38-40,42,44-57,59-60,62-66H2,1-6H3,(H-,71,73,75,76)/b22-19-,23-20-,30-28-,31-29-,36-34-,37-35-,43-41-,61-58+. The maximum absolute atomic E-state index is 13.6. The van der Waals surface area contributed by atoms with Crippen molar-refractivity contribution >= 4 is 19.7 Å². The topological polar surface area (TPSA) is 114 Å². The first-order valence-corrected chi connectivity index (χ1v) is 34.5. The molecule has 1 N–H and O–H groups in total. The van der Waals surface area contributed by atoms with Crippen LogP contribution >= 0.6 is 7.82 Å². The largest absolute Gasteiger partial charge is 0.756 e. The number of carbonyl (C=O) groups excluding carboxylic acids is 2. The average molecular weight is 1140 g/mol. The highest BCUT2D eigenvalue weighted by Gasteiger charge is 2.27. The second-order valence-electron chi connectivity index (χ2n) is 23.3. The van der Waals surface area contributed by atoms with Crippen molar-refractivity contribution in [2.24, 2.45) is 0 Å². The summed E-state index contributed by atoms with van der Waals surface area (Å²) in [7, 11) is 1.16. The van der Waals surface area contributed by atoms with Gasteiger partial charge in [0.25, 0.3) is 7.82 Å². The number of hydrogen-bond donors (Lipinski definition) is 1. The van der Waals surface area contributed by atoms with E-state index in [1.165, 1.54) is 128 Å². The van der Waals surface area contributed by atoms with Gasteiger partial charge in [0, 0.05) is 12.8 Å². The van der Waals surface area contributed by atoms with Gasteiger partial charge in [0.1, 0.15) is 19.3 Å². The van der Waals surface area contributed by atoms with E-state index in [1.54, 1.807) is 0 Å². The number of rotatable bonds is 59. The molecular weight excluding hydrogens is 1010 g/mol. The number of phosphoric ester groups is 1. The lowest BCUT2D eigenvalue weighted by molar-refractivity contribution is -0.870. The van der Waals surface area contributed by atoms with Gasteiger partial charge in [0.2, 0.25) is 5.91 Å². The molecule has 0 aliphatic rings. The van der Waals surface area contributed by atoms with Crippen molar-refractivity contribution in [3.63, 3.8) is 0 Å². The second kappa shape index (κ2) is 59.1. The summed E-state index contributed by atoms with van der Waals surface area (Å²) in [6, 6.07) is -0.906. The highest BCUT2D eigenvalue weighted by atomic mass is 31.2. The first-order chi connectivity index (χ1) is 38.9. The minimum absolute atomic E-state index is 0.0315. The Bertz CT molecular complexity index is 1690. The smallest absolute Gasteiger partial charge is 0.306 e. The molecule has 80 heavy (non-hydrogen) atoms. The lowest BCUT2D eigenvalue weighted by atomic mass is 10.0. The number of nitrogens with one attached hydrogen (secondary N) is 1. The van der Waals surface area contributed by atoms with Gasteiger partial charge in [-0.05, 0) is 115 Å². The molecule has 0 radical (unpaired) electrons. The fourth-order valence-corrected chi connectivity index (χ4v) is 9.82. The Morgan fingerprint density at radius 2 is 0.762 bits per heavy atom. The molecule has 9 nitrogen and oxygen atoms in total. The van der Waals surface area contributed by atoms with E-state index in [-0.39, 0.29) is 24.9 Å². The van der Waals surface area contributed by atoms with E-state index in [9.17, 15) is 19.0 Å². The number of likely N-dealkylation sites (N-methyl/N-ethyl adjacent to an activating group) is 1. The number of hydrogen-bond acceptors (Lipinski definition) is 7. The fourth-order valence-electron chi connectivity index (χ4n) is 9.10. The summed E-state index contributed by atoms with van der Waals surface area (Å²) in [4.78, 5) is 40.1. The molecule has 0 rings (SSSR count). The zero-order chi connectivity index (χ0) is 58.6. The Morgan fingerprint density at radius 1 is 0.438 bits per heavy atom. The van der Waals surface area contributed by atoms with Crippen LogP contribution in [0.4, 0.5) is 0 Å². The molecule has 0 aliphatic heterocycles. The van der Waals surface area contributed by atoms with Crippen LogP contribution in [0.2, 0.25) is 0 Å². The Morgan fingerprint density at radius 3 is 1.16 bits per heavy atom. The number of allylic oxidation sites excluding steroid dienone is 15. The van der Waals surface area contributed by atoms with Crippen LogP contribution in [0, 0.1) is 0 Å². The van der Waals surface area contributed by atoms with Crippen molar-refractivity contribution in [3.05, 3.63) is 97.2 Å². The van der Waals surface area contributed by atoms with Gasteiger partial charge in [0.05, 0.1) is 33.8 Å². The summed E-state index contributed by atoms with van der Waals surface area (Å²) in [5.74, 6) is -0.571. The molecule has 0 aromatic carbocycles. The minimum atomic E-state index is -4.71. The van der Waals surface area contributed by atoms with Crippen molar-refractivity contribution in [2.45, 2.75) is 296 Å². The Labute approximate surface area is 494 Å². The molecule has 10 heteroatoms. The molecular formula is C70H125N2O7P. The minimum Gasteiger partial charge on any atom is -0.756 e. The molecule has 0 saturated heterocycles. The summed E-state index contributed by atoms with van der Waals surface area (Å²) in [5.41, 5.74) is 0. The van der Waals surface area contributed by atoms with E-state index in [1.807, 2.05) is 33.3 Å². The number of amides is 1. The maximum atomic E-state index is 13.6. The average Bonchev–Trinajstić information content (AvgIpc) is 3.42. The van der Waals surface area contributed by atoms with Gasteiger partial charge in [-0.1, -0.05) is 253 Å². The number of ether oxygens (including phenoxy) is 1. The molecule has 0 saturated carbocycles. The molecule has 1 amide bonds. The van der Waals surface area contributed by atoms with E-state index in [4.69, 9.17) is 13.8 Å². The fraction of sp³-hybridized carbons (Fsp3) is 0.743. The number of unbranched alkanes of at least 4 members (excludes halogenated alkanes) is 29. The van der Waals surface area contributed by atoms with Gasteiger partial charge in [-0.15, -0.1) is 0 Å². The SMILES string of the molecule is CCCCC/C=C\C/C=C\C/C=C\C/C=C\CCCCCCCC(=O)OC(/C=C/CCCCCCCCCCCC)C(COP(=O)([O-])OCC[N+](C)(C)C)NC(=O)CCCCCCCCCC/C=C\C/C=C\C/C=C\CCCCC. The number of esters is 1. The van der Waals surface area contributed by atoms with E-state index in [0.717, 1.165) is 116 Å².